The summed E-state index contributed by atoms with van der Waals surface area (Å²) in [4.78, 5) is 10.8. The summed E-state index contributed by atoms with van der Waals surface area (Å²) < 4.78 is 5.20. The van der Waals surface area contributed by atoms with Gasteiger partial charge >= 0.3 is 0 Å². The lowest BCUT2D eigenvalue weighted by molar-refractivity contribution is 0.181. The van der Waals surface area contributed by atoms with E-state index in [1.165, 1.54) is 0 Å². The van der Waals surface area contributed by atoms with Crippen LogP contribution in [0.25, 0.3) is 0 Å². The van der Waals surface area contributed by atoms with Crippen molar-refractivity contribution in [3.63, 3.8) is 0 Å². The molecule has 5 heteroatoms. The molecule has 0 aliphatic carbocycles. The van der Waals surface area contributed by atoms with Crippen LogP contribution < -0.4 is 10.2 Å². The predicted molar refractivity (Wildman–Crippen MR) is 70.7 cm³/mol. The Labute approximate surface area is 103 Å². The van der Waals surface area contributed by atoms with E-state index in [-0.39, 0.29) is 0 Å². The lowest BCUT2D eigenvalue weighted by Crippen LogP contribution is -2.37. The van der Waals surface area contributed by atoms with Crippen LogP contribution in [0.3, 0.4) is 0 Å². The summed E-state index contributed by atoms with van der Waals surface area (Å²) in [6.45, 7) is 7.86. The van der Waals surface area contributed by atoms with Gasteiger partial charge in [-0.3, -0.25) is 0 Å². The van der Waals surface area contributed by atoms with Crippen LogP contribution in [0.4, 0.5) is 11.6 Å². The van der Waals surface area contributed by atoms with Crippen LogP contribution in [0.2, 0.25) is 0 Å². The van der Waals surface area contributed by atoms with Crippen molar-refractivity contribution in [1.82, 2.24) is 9.97 Å². The molecule has 0 fully saturated rings. The molecule has 1 unspecified atom stereocenters. The molecule has 0 spiro atoms. The number of rotatable bonds is 6. The van der Waals surface area contributed by atoms with Crippen molar-refractivity contribution in [2.45, 2.75) is 26.8 Å². The van der Waals surface area contributed by atoms with Gasteiger partial charge < -0.3 is 15.0 Å². The number of methoxy groups -OCH3 is 1. The number of nitrogens with one attached hydrogen (secondary N) is 1. The van der Waals surface area contributed by atoms with E-state index in [0.29, 0.717) is 12.6 Å². The number of anilines is 2. The number of nitrogens with zero attached hydrogens (tertiary/aromatic N) is 3. The van der Waals surface area contributed by atoms with Gasteiger partial charge in [0, 0.05) is 26.3 Å². The molecule has 0 aromatic carbocycles. The molecule has 1 heterocycles. The van der Waals surface area contributed by atoms with E-state index < -0.39 is 0 Å². The van der Waals surface area contributed by atoms with Crippen molar-refractivity contribution in [3.8, 4) is 0 Å². The molecule has 0 aliphatic heterocycles. The molecule has 1 N–H and O–H groups in total. The SMILES string of the molecule is CCN(c1ncnc(NC)c1C)C(C)COC. The second-order valence-electron chi connectivity index (χ2n) is 4.01. The Kier molecular flexibility index (Phi) is 5.15. The van der Waals surface area contributed by atoms with Crippen LogP contribution in [0.15, 0.2) is 6.33 Å². The van der Waals surface area contributed by atoms with E-state index in [4.69, 9.17) is 4.74 Å². The number of likely N-dealkylation sites (N-methyl/N-ethyl adjacent to an activating group) is 1. The van der Waals surface area contributed by atoms with E-state index >= 15 is 0 Å². The summed E-state index contributed by atoms with van der Waals surface area (Å²) in [5.74, 6) is 1.84. The maximum absolute atomic E-state index is 5.20. The van der Waals surface area contributed by atoms with E-state index in [1.54, 1.807) is 13.4 Å². The van der Waals surface area contributed by atoms with Crippen molar-refractivity contribution < 1.29 is 4.74 Å². The number of aromatic nitrogens is 2. The minimum atomic E-state index is 0.295. The average molecular weight is 238 g/mol. The summed E-state index contributed by atoms with van der Waals surface area (Å²) in [5.41, 5.74) is 1.07. The van der Waals surface area contributed by atoms with Gasteiger partial charge in [0.25, 0.3) is 0 Å². The zero-order chi connectivity index (χ0) is 12.8. The summed E-state index contributed by atoms with van der Waals surface area (Å²) in [6, 6.07) is 0.295. The Balaban J connectivity index is 3.03. The van der Waals surface area contributed by atoms with Gasteiger partial charge in [-0.25, -0.2) is 9.97 Å². The van der Waals surface area contributed by atoms with E-state index in [1.807, 2.05) is 14.0 Å². The Bertz CT molecular complexity index is 356. The molecule has 1 atom stereocenters. The van der Waals surface area contributed by atoms with Gasteiger partial charge in [-0.2, -0.15) is 0 Å². The van der Waals surface area contributed by atoms with Crippen LogP contribution >= 0.6 is 0 Å². The number of hydrogen-bond acceptors (Lipinski definition) is 5. The van der Waals surface area contributed by atoms with Crippen LogP contribution in [0.1, 0.15) is 19.4 Å². The van der Waals surface area contributed by atoms with Crippen LogP contribution in [-0.4, -0.2) is 43.3 Å². The first-order valence-corrected chi connectivity index (χ1v) is 5.90. The summed E-state index contributed by atoms with van der Waals surface area (Å²) in [5, 5.41) is 3.08. The first-order valence-electron chi connectivity index (χ1n) is 5.90. The topological polar surface area (TPSA) is 50.3 Å². The van der Waals surface area contributed by atoms with E-state index in [9.17, 15) is 0 Å². The highest BCUT2D eigenvalue weighted by Crippen LogP contribution is 2.23. The zero-order valence-corrected chi connectivity index (χ0v) is 11.3. The fourth-order valence-corrected chi connectivity index (χ4v) is 1.98. The van der Waals surface area contributed by atoms with Crippen LogP contribution in [0, 0.1) is 6.92 Å². The normalized spacial score (nSPS) is 12.3. The van der Waals surface area contributed by atoms with Crippen molar-refractivity contribution in [2.75, 3.05) is 37.5 Å². The third-order valence-electron chi connectivity index (χ3n) is 2.85. The van der Waals surface area contributed by atoms with Gasteiger partial charge in [-0.15, -0.1) is 0 Å². The van der Waals surface area contributed by atoms with E-state index in [2.05, 4.69) is 34.0 Å². The van der Waals surface area contributed by atoms with Gasteiger partial charge in [0.2, 0.25) is 0 Å². The van der Waals surface area contributed by atoms with Crippen LogP contribution in [0.5, 0.6) is 0 Å². The zero-order valence-electron chi connectivity index (χ0n) is 11.3. The molecule has 0 amide bonds. The standard InChI is InChI=1S/C12H22N4O/c1-6-16(9(2)7-17-5)12-10(3)11(13-4)14-8-15-12/h8-9H,6-7H2,1-5H3,(H,13,14,15). The highest BCUT2D eigenvalue weighted by Gasteiger charge is 2.17. The molecule has 5 nitrogen and oxygen atoms in total. The van der Waals surface area contributed by atoms with Crippen molar-refractivity contribution in [1.29, 1.82) is 0 Å². The lowest BCUT2D eigenvalue weighted by atomic mass is 10.2. The Morgan fingerprint density at radius 1 is 1.47 bits per heavy atom. The average Bonchev–Trinajstić information content (AvgIpc) is 2.32. The van der Waals surface area contributed by atoms with Gasteiger partial charge in [0.1, 0.15) is 18.0 Å². The fourth-order valence-electron chi connectivity index (χ4n) is 1.98. The van der Waals surface area contributed by atoms with Crippen LogP contribution in [-0.2, 0) is 4.74 Å². The molecule has 0 aliphatic rings. The molecule has 1 aromatic rings. The molecule has 0 radical (unpaired) electrons. The predicted octanol–water partition coefficient (Wildman–Crippen LogP) is 1.69. The van der Waals surface area contributed by atoms with Crippen molar-refractivity contribution >= 4 is 11.6 Å². The lowest BCUT2D eigenvalue weighted by Gasteiger charge is -2.30. The Morgan fingerprint density at radius 2 is 2.18 bits per heavy atom. The van der Waals surface area contributed by atoms with E-state index in [0.717, 1.165) is 23.7 Å². The molecule has 96 valence electrons. The first-order chi connectivity index (χ1) is 8.15. The van der Waals surface area contributed by atoms with Gasteiger partial charge in [0.15, 0.2) is 0 Å². The quantitative estimate of drug-likeness (QED) is 0.817. The molecule has 0 saturated heterocycles. The number of hydrogen-bond donors (Lipinski definition) is 1. The summed E-state index contributed by atoms with van der Waals surface area (Å²) in [6.07, 6.45) is 1.59. The fraction of sp³-hybridized carbons (Fsp3) is 0.667. The molecule has 17 heavy (non-hydrogen) atoms. The second-order valence-corrected chi connectivity index (χ2v) is 4.01. The monoisotopic (exact) mass is 238 g/mol. The summed E-state index contributed by atoms with van der Waals surface area (Å²) in [7, 11) is 3.59. The maximum Gasteiger partial charge on any atom is 0.137 e. The van der Waals surface area contributed by atoms with Gasteiger partial charge in [-0.1, -0.05) is 0 Å². The van der Waals surface area contributed by atoms with Crippen molar-refractivity contribution in [3.05, 3.63) is 11.9 Å². The molecular weight excluding hydrogens is 216 g/mol. The maximum atomic E-state index is 5.20. The highest BCUT2D eigenvalue weighted by atomic mass is 16.5. The molecule has 1 aromatic heterocycles. The molecule has 1 rings (SSSR count). The smallest absolute Gasteiger partial charge is 0.137 e. The molecule has 0 bridgehead atoms. The summed E-state index contributed by atoms with van der Waals surface area (Å²) >= 11 is 0. The minimum absolute atomic E-state index is 0.295. The van der Waals surface area contributed by atoms with Gasteiger partial charge in [0.05, 0.1) is 12.6 Å². The first kappa shape index (κ1) is 13.7. The Hall–Kier alpha value is -1.36. The van der Waals surface area contributed by atoms with Gasteiger partial charge in [-0.05, 0) is 20.8 Å². The third kappa shape index (κ3) is 3.06. The van der Waals surface area contributed by atoms with Crippen molar-refractivity contribution in [2.24, 2.45) is 0 Å². The molecular formula is C12H22N4O. The third-order valence-corrected chi connectivity index (χ3v) is 2.85. The second kappa shape index (κ2) is 6.39. The molecule has 0 saturated carbocycles. The minimum Gasteiger partial charge on any atom is -0.383 e. The highest BCUT2D eigenvalue weighted by molar-refractivity contribution is 5.58. The largest absolute Gasteiger partial charge is 0.383 e. The number of ether oxygens (including phenoxy) is 1. The Morgan fingerprint density at radius 3 is 2.71 bits per heavy atom.